The van der Waals surface area contributed by atoms with Crippen molar-refractivity contribution in [2.24, 2.45) is 11.7 Å². The number of carbonyl (C=O) groups excluding carboxylic acids is 1. The van der Waals surface area contributed by atoms with Gasteiger partial charge in [0, 0.05) is 17.5 Å². The zero-order valence-corrected chi connectivity index (χ0v) is 11.8. The van der Waals surface area contributed by atoms with Crippen LogP contribution in [0.4, 0.5) is 0 Å². The predicted octanol–water partition coefficient (Wildman–Crippen LogP) is 2.52. The Bertz CT molecular complexity index is 419. The molecule has 1 aliphatic rings. The lowest BCUT2D eigenvalue weighted by Crippen LogP contribution is -2.39. The van der Waals surface area contributed by atoms with Crippen molar-refractivity contribution in [3.05, 3.63) is 34.9 Å². The van der Waals surface area contributed by atoms with Gasteiger partial charge < -0.3 is 11.1 Å². The van der Waals surface area contributed by atoms with E-state index in [0.29, 0.717) is 18.9 Å². The van der Waals surface area contributed by atoms with E-state index >= 15 is 0 Å². The van der Waals surface area contributed by atoms with E-state index < -0.39 is 0 Å². The Morgan fingerprint density at radius 3 is 2.74 bits per heavy atom. The van der Waals surface area contributed by atoms with Gasteiger partial charge in [-0.25, -0.2) is 0 Å². The molecule has 19 heavy (non-hydrogen) atoms. The summed E-state index contributed by atoms with van der Waals surface area (Å²) >= 11 is 5.83. The molecule has 1 aromatic rings. The van der Waals surface area contributed by atoms with Crippen LogP contribution in [0.1, 0.15) is 31.2 Å². The predicted molar refractivity (Wildman–Crippen MR) is 78.1 cm³/mol. The first kappa shape index (κ1) is 14.4. The Morgan fingerprint density at radius 1 is 1.32 bits per heavy atom. The summed E-state index contributed by atoms with van der Waals surface area (Å²) in [7, 11) is 0. The topological polar surface area (TPSA) is 55.1 Å². The Balaban J connectivity index is 1.77. The standard InChI is InChI=1S/C15H21ClN2O/c16-13-7-4-11(5-8-13)6-9-15(19)18-14-3-1-2-12(14)10-17/h4-5,7-8,12,14H,1-3,6,9-10,17H2,(H,18,19). The van der Waals surface area contributed by atoms with Crippen LogP contribution in [0.25, 0.3) is 0 Å². The minimum atomic E-state index is 0.125. The average molecular weight is 281 g/mol. The van der Waals surface area contributed by atoms with Gasteiger partial charge in [0.1, 0.15) is 0 Å². The van der Waals surface area contributed by atoms with Gasteiger partial charge in [-0.15, -0.1) is 0 Å². The lowest BCUT2D eigenvalue weighted by Gasteiger charge is -2.19. The Hall–Kier alpha value is -1.06. The maximum absolute atomic E-state index is 11.9. The molecule has 0 aromatic heterocycles. The molecule has 3 N–H and O–H groups in total. The van der Waals surface area contributed by atoms with Crippen LogP contribution in [0.15, 0.2) is 24.3 Å². The first-order valence-corrected chi connectivity index (χ1v) is 7.30. The van der Waals surface area contributed by atoms with E-state index in [-0.39, 0.29) is 11.9 Å². The fraction of sp³-hybridized carbons (Fsp3) is 0.533. The Morgan fingerprint density at radius 2 is 2.05 bits per heavy atom. The smallest absolute Gasteiger partial charge is 0.220 e. The Labute approximate surface area is 119 Å². The van der Waals surface area contributed by atoms with Crippen molar-refractivity contribution in [3.8, 4) is 0 Å². The van der Waals surface area contributed by atoms with Gasteiger partial charge in [0.15, 0.2) is 0 Å². The van der Waals surface area contributed by atoms with Crippen molar-refractivity contribution in [3.63, 3.8) is 0 Å². The van der Waals surface area contributed by atoms with E-state index in [4.69, 9.17) is 17.3 Å². The Kier molecular flexibility index (Phi) is 5.23. The largest absolute Gasteiger partial charge is 0.353 e. The van der Waals surface area contributed by atoms with Crippen molar-refractivity contribution in [2.45, 2.75) is 38.1 Å². The molecule has 1 aromatic carbocycles. The molecule has 104 valence electrons. The highest BCUT2D eigenvalue weighted by Gasteiger charge is 2.26. The fourth-order valence-electron chi connectivity index (χ4n) is 2.70. The number of aryl methyl sites for hydroxylation is 1. The zero-order chi connectivity index (χ0) is 13.7. The van der Waals surface area contributed by atoms with Crippen LogP contribution in [0, 0.1) is 5.92 Å². The second-order valence-corrected chi connectivity index (χ2v) is 5.66. The van der Waals surface area contributed by atoms with E-state index in [1.807, 2.05) is 24.3 Å². The van der Waals surface area contributed by atoms with Crippen LogP contribution >= 0.6 is 11.6 Å². The zero-order valence-electron chi connectivity index (χ0n) is 11.1. The number of nitrogens with two attached hydrogens (primary N) is 1. The number of amides is 1. The van der Waals surface area contributed by atoms with Gasteiger partial charge in [0.25, 0.3) is 0 Å². The fourth-order valence-corrected chi connectivity index (χ4v) is 2.82. The van der Waals surface area contributed by atoms with Crippen LogP contribution in [-0.4, -0.2) is 18.5 Å². The maximum atomic E-state index is 11.9. The van der Waals surface area contributed by atoms with Crippen LogP contribution in [0.5, 0.6) is 0 Å². The van der Waals surface area contributed by atoms with Crippen molar-refractivity contribution in [1.82, 2.24) is 5.32 Å². The highest BCUT2D eigenvalue weighted by atomic mass is 35.5. The molecular weight excluding hydrogens is 260 g/mol. The first-order valence-electron chi connectivity index (χ1n) is 6.93. The monoisotopic (exact) mass is 280 g/mol. The van der Waals surface area contributed by atoms with Gasteiger partial charge in [-0.05, 0) is 49.4 Å². The van der Waals surface area contributed by atoms with E-state index in [2.05, 4.69) is 5.32 Å². The minimum Gasteiger partial charge on any atom is -0.353 e. The quantitative estimate of drug-likeness (QED) is 0.871. The second-order valence-electron chi connectivity index (χ2n) is 5.23. The van der Waals surface area contributed by atoms with E-state index in [1.54, 1.807) is 0 Å². The van der Waals surface area contributed by atoms with Gasteiger partial charge in [-0.3, -0.25) is 4.79 Å². The third-order valence-corrected chi connectivity index (χ3v) is 4.11. The molecular formula is C15H21ClN2O. The number of rotatable bonds is 5. The van der Waals surface area contributed by atoms with Crippen molar-refractivity contribution in [1.29, 1.82) is 0 Å². The summed E-state index contributed by atoms with van der Waals surface area (Å²) < 4.78 is 0. The summed E-state index contributed by atoms with van der Waals surface area (Å²) in [5, 5.41) is 3.84. The molecule has 0 aliphatic heterocycles. The van der Waals surface area contributed by atoms with Gasteiger partial charge >= 0.3 is 0 Å². The molecule has 2 unspecified atom stereocenters. The van der Waals surface area contributed by atoms with Crippen LogP contribution in [0.2, 0.25) is 5.02 Å². The van der Waals surface area contributed by atoms with Gasteiger partial charge in [0.2, 0.25) is 5.91 Å². The van der Waals surface area contributed by atoms with E-state index in [9.17, 15) is 4.79 Å². The SMILES string of the molecule is NCC1CCCC1NC(=O)CCc1ccc(Cl)cc1. The number of carbonyl (C=O) groups is 1. The highest BCUT2D eigenvalue weighted by molar-refractivity contribution is 6.30. The lowest BCUT2D eigenvalue weighted by atomic mass is 10.0. The summed E-state index contributed by atoms with van der Waals surface area (Å²) in [6.07, 6.45) is 4.65. The minimum absolute atomic E-state index is 0.125. The van der Waals surface area contributed by atoms with Gasteiger partial charge in [-0.1, -0.05) is 30.2 Å². The molecule has 1 amide bonds. The normalized spacial score (nSPS) is 22.4. The molecule has 3 nitrogen and oxygen atoms in total. The molecule has 4 heteroatoms. The summed E-state index contributed by atoms with van der Waals surface area (Å²) in [5.74, 6) is 0.583. The van der Waals surface area contributed by atoms with Crippen LogP contribution in [-0.2, 0) is 11.2 Å². The summed E-state index contributed by atoms with van der Waals surface area (Å²) in [6.45, 7) is 0.669. The first-order chi connectivity index (χ1) is 9.19. The number of hydrogen-bond acceptors (Lipinski definition) is 2. The van der Waals surface area contributed by atoms with E-state index in [0.717, 1.165) is 29.8 Å². The molecule has 1 saturated carbocycles. The van der Waals surface area contributed by atoms with Crippen molar-refractivity contribution in [2.75, 3.05) is 6.54 Å². The summed E-state index contributed by atoms with van der Waals surface area (Å²) in [6, 6.07) is 7.93. The third-order valence-electron chi connectivity index (χ3n) is 3.86. The molecule has 2 atom stereocenters. The summed E-state index contributed by atoms with van der Waals surface area (Å²) in [4.78, 5) is 11.9. The van der Waals surface area contributed by atoms with Crippen LogP contribution in [0.3, 0.4) is 0 Å². The third kappa shape index (κ3) is 4.22. The molecule has 0 heterocycles. The second kappa shape index (κ2) is 6.92. The number of halogens is 1. The molecule has 0 bridgehead atoms. The molecule has 0 radical (unpaired) electrons. The van der Waals surface area contributed by atoms with Crippen LogP contribution < -0.4 is 11.1 Å². The van der Waals surface area contributed by atoms with Crippen molar-refractivity contribution >= 4 is 17.5 Å². The average Bonchev–Trinajstić information content (AvgIpc) is 2.85. The highest BCUT2D eigenvalue weighted by Crippen LogP contribution is 2.24. The maximum Gasteiger partial charge on any atom is 0.220 e. The molecule has 2 rings (SSSR count). The number of nitrogens with one attached hydrogen (secondary N) is 1. The van der Waals surface area contributed by atoms with Crippen molar-refractivity contribution < 1.29 is 4.79 Å². The number of hydrogen-bond donors (Lipinski definition) is 2. The van der Waals surface area contributed by atoms with Gasteiger partial charge in [-0.2, -0.15) is 0 Å². The van der Waals surface area contributed by atoms with E-state index in [1.165, 1.54) is 6.42 Å². The number of benzene rings is 1. The molecule has 0 saturated heterocycles. The molecule has 1 fully saturated rings. The molecule has 0 spiro atoms. The van der Waals surface area contributed by atoms with Gasteiger partial charge in [0.05, 0.1) is 0 Å². The summed E-state index contributed by atoms with van der Waals surface area (Å²) in [5.41, 5.74) is 6.86. The lowest BCUT2D eigenvalue weighted by molar-refractivity contribution is -0.122. The molecule has 1 aliphatic carbocycles.